The molecule has 1 fully saturated rings. The highest BCUT2D eigenvalue weighted by atomic mass is 19.4. The van der Waals surface area contributed by atoms with Crippen LogP contribution in [0.25, 0.3) is 28.3 Å². The summed E-state index contributed by atoms with van der Waals surface area (Å²) in [6.45, 7) is 1.60. The van der Waals surface area contributed by atoms with Crippen molar-refractivity contribution in [2.24, 2.45) is 5.92 Å². The second kappa shape index (κ2) is 11.0. The van der Waals surface area contributed by atoms with E-state index in [0.717, 1.165) is 4.52 Å². The van der Waals surface area contributed by atoms with Gasteiger partial charge in [0.05, 0.1) is 23.8 Å². The van der Waals surface area contributed by atoms with E-state index in [1.807, 2.05) is 0 Å². The summed E-state index contributed by atoms with van der Waals surface area (Å²) in [7, 11) is 0. The molecule has 1 aliphatic rings. The van der Waals surface area contributed by atoms with Crippen molar-refractivity contribution in [3.63, 3.8) is 0 Å². The van der Waals surface area contributed by atoms with E-state index in [1.165, 1.54) is 71.9 Å². The van der Waals surface area contributed by atoms with Gasteiger partial charge < -0.3 is 9.64 Å². The van der Waals surface area contributed by atoms with Crippen LogP contribution in [0.4, 0.5) is 17.6 Å². The van der Waals surface area contributed by atoms with Crippen LogP contribution in [0.2, 0.25) is 0 Å². The van der Waals surface area contributed by atoms with Crippen molar-refractivity contribution in [2.75, 3.05) is 19.8 Å². The van der Waals surface area contributed by atoms with Gasteiger partial charge in [0.15, 0.2) is 5.65 Å². The highest BCUT2D eigenvalue weighted by Gasteiger charge is 2.43. The number of amides is 1. The van der Waals surface area contributed by atoms with E-state index in [0.29, 0.717) is 17.0 Å². The van der Waals surface area contributed by atoms with E-state index in [-0.39, 0.29) is 52.9 Å². The van der Waals surface area contributed by atoms with Crippen LogP contribution in [0, 0.1) is 12.8 Å². The first kappa shape index (κ1) is 28.1. The number of ether oxygens (including phenoxy) is 1. The number of likely N-dealkylation sites (tertiary alicyclic amines) is 1. The highest BCUT2D eigenvalue weighted by molar-refractivity contribution is 6.06. The van der Waals surface area contributed by atoms with Gasteiger partial charge >= 0.3 is 6.18 Å². The average Bonchev–Trinajstić information content (AvgIpc) is 3.35. The van der Waals surface area contributed by atoms with Crippen molar-refractivity contribution < 1.29 is 27.1 Å². The van der Waals surface area contributed by atoms with Gasteiger partial charge in [0, 0.05) is 48.6 Å². The number of hydrogen-bond donors (Lipinski definition) is 1. The van der Waals surface area contributed by atoms with Crippen LogP contribution in [0.3, 0.4) is 0 Å². The number of rotatable bonds is 7. The Hall–Kier alpha value is -5.07. The summed E-state index contributed by atoms with van der Waals surface area (Å²) in [6, 6.07) is 14.2. The first-order chi connectivity index (χ1) is 20.6. The minimum Gasteiger partial charge on any atom is -0.476 e. The normalized spacial score (nSPS) is 14.5. The van der Waals surface area contributed by atoms with Crippen molar-refractivity contribution in [1.82, 2.24) is 29.5 Å². The lowest BCUT2D eigenvalue weighted by molar-refractivity contribution is -0.198. The third-order valence-corrected chi connectivity index (χ3v) is 7.21. The molecule has 13 heteroatoms. The van der Waals surface area contributed by atoms with Crippen LogP contribution >= 0.6 is 0 Å². The van der Waals surface area contributed by atoms with E-state index in [9.17, 15) is 27.2 Å². The molecule has 5 aromatic rings. The zero-order valence-corrected chi connectivity index (χ0v) is 22.7. The molecule has 1 N–H and O–H groups in total. The predicted octanol–water partition coefficient (Wildman–Crippen LogP) is 5.18. The lowest BCUT2D eigenvalue weighted by atomic mass is 10.00. The van der Waals surface area contributed by atoms with Gasteiger partial charge in [-0.05, 0) is 31.2 Å². The number of nitrogens with one attached hydrogen (secondary N) is 1. The highest BCUT2D eigenvalue weighted by Crippen LogP contribution is 2.37. The number of carbonyl (C=O) groups is 1. The van der Waals surface area contributed by atoms with Gasteiger partial charge in [0.1, 0.15) is 17.0 Å². The SMILES string of the molecule is Cc1nccnc1-c1[nH]n2c(=O)cc(-c3ccc(O[C@H](c4ccccc4)C(F)(F)F)cc3)nc2c1C(=O)N1CC(CF)C1. The molecule has 6 rings (SSSR count). The van der Waals surface area contributed by atoms with Crippen LogP contribution in [0.5, 0.6) is 5.75 Å². The number of alkyl halides is 4. The predicted molar refractivity (Wildman–Crippen MR) is 148 cm³/mol. The molecule has 1 aliphatic heterocycles. The molecule has 0 aliphatic carbocycles. The Labute approximate surface area is 241 Å². The Morgan fingerprint density at radius 1 is 1.07 bits per heavy atom. The molecule has 43 heavy (non-hydrogen) atoms. The smallest absolute Gasteiger partial charge is 0.429 e. The monoisotopic (exact) mass is 592 g/mol. The Kier molecular flexibility index (Phi) is 7.16. The van der Waals surface area contributed by atoms with Gasteiger partial charge in [-0.3, -0.25) is 29.0 Å². The Bertz CT molecular complexity index is 1850. The molecule has 220 valence electrons. The molecular weight excluding hydrogens is 568 g/mol. The fourth-order valence-corrected chi connectivity index (χ4v) is 5.00. The van der Waals surface area contributed by atoms with Gasteiger partial charge in [-0.2, -0.15) is 13.2 Å². The number of aryl methyl sites for hydroxylation is 1. The number of halogens is 4. The number of hydrogen-bond acceptors (Lipinski definition) is 6. The van der Waals surface area contributed by atoms with Gasteiger partial charge in [-0.15, -0.1) is 0 Å². The van der Waals surface area contributed by atoms with Crippen molar-refractivity contribution in [3.05, 3.63) is 100 Å². The molecule has 3 aromatic heterocycles. The van der Waals surface area contributed by atoms with Crippen LogP contribution in [-0.4, -0.2) is 61.3 Å². The zero-order valence-electron chi connectivity index (χ0n) is 22.7. The number of H-pyrrole nitrogens is 1. The summed E-state index contributed by atoms with van der Waals surface area (Å²) in [4.78, 5) is 41.5. The lowest BCUT2D eigenvalue weighted by Crippen LogP contribution is -2.50. The van der Waals surface area contributed by atoms with Crippen LogP contribution in [0.15, 0.2) is 77.9 Å². The number of carbonyl (C=O) groups excluding carboxylic acids is 1. The quantitative estimate of drug-likeness (QED) is 0.261. The molecule has 0 radical (unpaired) electrons. The van der Waals surface area contributed by atoms with Crippen molar-refractivity contribution in [3.8, 4) is 28.4 Å². The maximum Gasteiger partial charge on any atom is 0.429 e. The van der Waals surface area contributed by atoms with Gasteiger partial charge in [0.25, 0.3) is 11.5 Å². The Balaban J connectivity index is 1.39. The first-order valence-corrected chi connectivity index (χ1v) is 13.3. The minimum absolute atomic E-state index is 0.0257. The largest absolute Gasteiger partial charge is 0.476 e. The van der Waals surface area contributed by atoms with Crippen molar-refractivity contribution in [1.29, 1.82) is 0 Å². The molecule has 1 atom stereocenters. The van der Waals surface area contributed by atoms with Crippen LogP contribution in [-0.2, 0) is 0 Å². The Morgan fingerprint density at radius 3 is 2.42 bits per heavy atom. The fraction of sp³-hybridized carbons (Fsp3) is 0.233. The van der Waals surface area contributed by atoms with Crippen molar-refractivity contribution >= 4 is 11.6 Å². The molecule has 2 aromatic carbocycles. The number of fused-ring (bicyclic) bond motifs is 1. The number of benzene rings is 2. The summed E-state index contributed by atoms with van der Waals surface area (Å²) >= 11 is 0. The standard InChI is InChI=1S/C30H24F4N6O3/c1-17-25(36-12-11-35-17)26-24(29(42)39-15-18(14-31)16-39)28-37-22(13-23(41)40(28)38-26)19-7-9-21(10-8-19)43-27(30(32,33)34)20-5-3-2-4-6-20/h2-13,18,27,38H,14-16H2,1H3/t27-/m1/s1. The summed E-state index contributed by atoms with van der Waals surface area (Å²) in [5.74, 6) is -0.747. The van der Waals surface area contributed by atoms with Crippen molar-refractivity contribution in [2.45, 2.75) is 19.2 Å². The second-order valence-electron chi connectivity index (χ2n) is 10.2. The second-order valence-corrected chi connectivity index (χ2v) is 10.2. The molecule has 1 amide bonds. The first-order valence-electron chi connectivity index (χ1n) is 13.3. The minimum atomic E-state index is -4.65. The van der Waals surface area contributed by atoms with E-state index >= 15 is 0 Å². The maximum absolute atomic E-state index is 13.8. The van der Waals surface area contributed by atoms with E-state index in [2.05, 4.69) is 20.1 Å². The van der Waals surface area contributed by atoms with Crippen LogP contribution in [0.1, 0.15) is 27.7 Å². The summed E-state index contributed by atoms with van der Waals surface area (Å²) < 4.78 is 60.9. The number of aromatic amines is 1. The lowest BCUT2D eigenvalue weighted by Gasteiger charge is -2.37. The maximum atomic E-state index is 13.8. The molecule has 0 spiro atoms. The van der Waals surface area contributed by atoms with E-state index in [4.69, 9.17) is 4.74 Å². The van der Waals surface area contributed by atoms with E-state index in [1.54, 1.807) is 13.0 Å². The average molecular weight is 593 g/mol. The summed E-state index contributed by atoms with van der Waals surface area (Å²) in [6.07, 6.45) is -3.87. The van der Waals surface area contributed by atoms with Gasteiger partial charge in [0.2, 0.25) is 6.10 Å². The Morgan fingerprint density at radius 2 is 1.77 bits per heavy atom. The third-order valence-electron chi connectivity index (χ3n) is 7.21. The summed E-state index contributed by atoms with van der Waals surface area (Å²) in [5.41, 5.74) is 1.22. The molecule has 0 unspecified atom stereocenters. The molecule has 0 saturated carbocycles. The van der Waals surface area contributed by atoms with Crippen LogP contribution < -0.4 is 10.3 Å². The molecule has 4 heterocycles. The molecule has 1 saturated heterocycles. The van der Waals surface area contributed by atoms with E-state index < -0.39 is 30.4 Å². The third kappa shape index (κ3) is 5.33. The topological polar surface area (TPSA) is 105 Å². The number of nitrogens with zero attached hydrogens (tertiary/aromatic N) is 5. The fourth-order valence-electron chi connectivity index (χ4n) is 5.00. The molecular formula is C30H24F4N6O3. The number of aromatic nitrogens is 5. The molecule has 0 bridgehead atoms. The summed E-state index contributed by atoms with van der Waals surface area (Å²) in [5, 5.41) is 2.93. The molecule has 9 nitrogen and oxygen atoms in total. The van der Waals surface area contributed by atoms with Gasteiger partial charge in [-0.25, -0.2) is 9.50 Å². The van der Waals surface area contributed by atoms with Gasteiger partial charge in [-0.1, -0.05) is 30.3 Å². The zero-order chi connectivity index (χ0) is 30.3.